The molecular weight excluding hydrogens is 160 g/mol. The highest BCUT2D eigenvalue weighted by Crippen LogP contribution is 2.31. The van der Waals surface area contributed by atoms with Crippen molar-refractivity contribution in [3.8, 4) is 0 Å². The van der Waals surface area contributed by atoms with E-state index in [2.05, 4.69) is 24.2 Å². The number of nitrogens with one attached hydrogen (secondary N) is 1. The van der Waals surface area contributed by atoms with Crippen molar-refractivity contribution in [2.45, 2.75) is 32.2 Å². The zero-order chi connectivity index (χ0) is 9.26. The van der Waals surface area contributed by atoms with Crippen molar-refractivity contribution in [1.29, 1.82) is 0 Å². The number of likely N-dealkylation sites (tertiary alicyclic amines) is 1. The van der Waals surface area contributed by atoms with E-state index in [1.807, 2.05) is 0 Å². The molecule has 0 aromatic carbocycles. The summed E-state index contributed by atoms with van der Waals surface area (Å²) in [6, 6.07) is 0.738. The number of hydrogen-bond donors (Lipinski definition) is 1. The molecule has 0 aromatic rings. The van der Waals surface area contributed by atoms with Gasteiger partial charge in [-0.25, -0.2) is 0 Å². The molecule has 2 unspecified atom stereocenters. The first-order chi connectivity index (χ1) is 6.28. The molecule has 0 aromatic heterocycles. The van der Waals surface area contributed by atoms with Crippen LogP contribution < -0.4 is 5.32 Å². The zero-order valence-corrected chi connectivity index (χ0v) is 8.92. The quantitative estimate of drug-likeness (QED) is 0.708. The summed E-state index contributed by atoms with van der Waals surface area (Å²) in [6.07, 6.45) is 4.32. The summed E-state index contributed by atoms with van der Waals surface area (Å²) in [5, 5.41) is 3.42. The average Bonchev–Trinajstić information content (AvgIpc) is 2.87. The molecule has 2 nitrogen and oxygen atoms in total. The average molecular weight is 182 g/mol. The fraction of sp³-hybridized carbons (Fsp3) is 1.00. The molecule has 1 N–H and O–H groups in total. The number of nitrogens with zero attached hydrogens (tertiary/aromatic N) is 1. The minimum atomic E-state index is 0.738. The highest BCUT2D eigenvalue weighted by atomic mass is 15.2. The Hall–Kier alpha value is -0.0800. The first kappa shape index (κ1) is 9.47. The lowest BCUT2D eigenvalue weighted by molar-refractivity contribution is 0.147. The summed E-state index contributed by atoms with van der Waals surface area (Å²) in [5.41, 5.74) is 0. The van der Waals surface area contributed by atoms with Crippen molar-refractivity contribution in [3.05, 3.63) is 0 Å². The monoisotopic (exact) mass is 182 g/mol. The van der Waals surface area contributed by atoms with E-state index in [0.717, 1.165) is 17.9 Å². The van der Waals surface area contributed by atoms with Crippen LogP contribution in [0.2, 0.25) is 0 Å². The van der Waals surface area contributed by atoms with Crippen LogP contribution in [0, 0.1) is 11.8 Å². The normalized spacial score (nSPS) is 36.5. The van der Waals surface area contributed by atoms with E-state index >= 15 is 0 Å². The van der Waals surface area contributed by atoms with Gasteiger partial charge in [0.2, 0.25) is 0 Å². The van der Waals surface area contributed by atoms with Gasteiger partial charge in [-0.2, -0.15) is 0 Å². The minimum absolute atomic E-state index is 0.738. The number of likely N-dealkylation sites (N-methyl/N-ethyl adjacent to an activating group) is 1. The van der Waals surface area contributed by atoms with Gasteiger partial charge in [0, 0.05) is 25.7 Å². The van der Waals surface area contributed by atoms with Crippen molar-refractivity contribution >= 4 is 0 Å². The smallest absolute Gasteiger partial charge is 0.0195 e. The number of piperidine rings is 1. The van der Waals surface area contributed by atoms with Crippen molar-refractivity contribution in [1.82, 2.24) is 10.2 Å². The first-order valence-corrected chi connectivity index (χ1v) is 5.67. The molecule has 2 atom stereocenters. The van der Waals surface area contributed by atoms with Crippen molar-refractivity contribution in [3.63, 3.8) is 0 Å². The Morgan fingerprint density at radius 2 is 2.08 bits per heavy atom. The van der Waals surface area contributed by atoms with Crippen molar-refractivity contribution in [2.24, 2.45) is 11.8 Å². The van der Waals surface area contributed by atoms with Crippen LogP contribution in [0.25, 0.3) is 0 Å². The molecule has 1 heterocycles. The van der Waals surface area contributed by atoms with Crippen LogP contribution in [0.15, 0.2) is 0 Å². The van der Waals surface area contributed by atoms with Crippen LogP contribution in [-0.2, 0) is 0 Å². The molecular formula is C11H22N2. The molecule has 2 heteroatoms. The molecule has 0 bridgehead atoms. The van der Waals surface area contributed by atoms with Gasteiger partial charge in [-0.15, -0.1) is 0 Å². The van der Waals surface area contributed by atoms with Crippen LogP contribution in [0.4, 0.5) is 0 Å². The van der Waals surface area contributed by atoms with Gasteiger partial charge in [0.1, 0.15) is 0 Å². The van der Waals surface area contributed by atoms with E-state index in [1.165, 1.54) is 38.9 Å². The van der Waals surface area contributed by atoms with Crippen LogP contribution in [0.5, 0.6) is 0 Å². The van der Waals surface area contributed by atoms with E-state index in [9.17, 15) is 0 Å². The van der Waals surface area contributed by atoms with Gasteiger partial charge >= 0.3 is 0 Å². The lowest BCUT2D eigenvalue weighted by atomic mass is 9.96. The Bertz CT molecular complexity index is 163. The topological polar surface area (TPSA) is 15.3 Å². The molecule has 0 spiro atoms. The minimum Gasteiger partial charge on any atom is -0.316 e. The van der Waals surface area contributed by atoms with Crippen molar-refractivity contribution in [2.75, 3.05) is 26.7 Å². The second-order valence-electron chi connectivity index (χ2n) is 4.99. The van der Waals surface area contributed by atoms with Gasteiger partial charge in [0.15, 0.2) is 0 Å². The fourth-order valence-corrected chi connectivity index (χ4v) is 2.49. The highest BCUT2D eigenvalue weighted by Gasteiger charge is 2.29. The molecule has 2 rings (SSSR count). The van der Waals surface area contributed by atoms with Crippen LogP contribution >= 0.6 is 0 Å². The van der Waals surface area contributed by atoms with Crippen molar-refractivity contribution < 1.29 is 0 Å². The molecule has 1 aliphatic heterocycles. The number of rotatable bonds is 3. The Kier molecular flexibility index (Phi) is 2.89. The predicted molar refractivity (Wildman–Crippen MR) is 55.8 cm³/mol. The second kappa shape index (κ2) is 3.97. The Morgan fingerprint density at radius 3 is 2.69 bits per heavy atom. The molecule has 0 amide bonds. The Labute approximate surface area is 81.7 Å². The summed E-state index contributed by atoms with van der Waals surface area (Å²) in [6.45, 7) is 6.35. The summed E-state index contributed by atoms with van der Waals surface area (Å²) < 4.78 is 0. The van der Waals surface area contributed by atoms with Crippen LogP contribution in [-0.4, -0.2) is 37.6 Å². The largest absolute Gasteiger partial charge is 0.316 e. The number of hydrogen-bond acceptors (Lipinski definition) is 2. The SMILES string of the molecule is CNC1CC(C)CN(CC2CC2)C1. The molecule has 1 saturated carbocycles. The van der Waals surface area contributed by atoms with E-state index in [4.69, 9.17) is 0 Å². The second-order valence-corrected chi connectivity index (χ2v) is 4.99. The van der Waals surface area contributed by atoms with Crippen LogP contribution in [0.3, 0.4) is 0 Å². The highest BCUT2D eigenvalue weighted by molar-refractivity contribution is 4.85. The molecule has 76 valence electrons. The molecule has 1 aliphatic carbocycles. The molecule has 2 fully saturated rings. The molecule has 13 heavy (non-hydrogen) atoms. The molecule has 0 radical (unpaired) electrons. The third-order valence-electron chi connectivity index (χ3n) is 3.36. The van der Waals surface area contributed by atoms with Gasteiger partial charge in [-0.3, -0.25) is 0 Å². The van der Waals surface area contributed by atoms with E-state index in [1.54, 1.807) is 0 Å². The van der Waals surface area contributed by atoms with E-state index in [-0.39, 0.29) is 0 Å². The zero-order valence-electron chi connectivity index (χ0n) is 8.92. The van der Waals surface area contributed by atoms with Gasteiger partial charge in [-0.1, -0.05) is 6.92 Å². The molecule has 1 saturated heterocycles. The van der Waals surface area contributed by atoms with Gasteiger partial charge in [0.25, 0.3) is 0 Å². The third-order valence-corrected chi connectivity index (χ3v) is 3.36. The Morgan fingerprint density at radius 1 is 1.31 bits per heavy atom. The van der Waals surface area contributed by atoms with E-state index < -0.39 is 0 Å². The fourth-order valence-electron chi connectivity index (χ4n) is 2.49. The standard InChI is InChI=1S/C11H22N2/c1-9-5-11(12-2)8-13(6-9)7-10-3-4-10/h9-12H,3-8H2,1-2H3. The lowest BCUT2D eigenvalue weighted by Gasteiger charge is -2.36. The van der Waals surface area contributed by atoms with Gasteiger partial charge < -0.3 is 10.2 Å². The summed E-state index contributed by atoms with van der Waals surface area (Å²) in [4.78, 5) is 2.66. The molecule has 2 aliphatic rings. The Balaban J connectivity index is 1.80. The summed E-state index contributed by atoms with van der Waals surface area (Å²) >= 11 is 0. The predicted octanol–water partition coefficient (Wildman–Crippen LogP) is 1.33. The van der Waals surface area contributed by atoms with Gasteiger partial charge in [-0.05, 0) is 38.1 Å². The van der Waals surface area contributed by atoms with Gasteiger partial charge in [0.05, 0.1) is 0 Å². The first-order valence-electron chi connectivity index (χ1n) is 5.67. The summed E-state index contributed by atoms with van der Waals surface area (Å²) in [5.74, 6) is 1.92. The lowest BCUT2D eigenvalue weighted by Crippen LogP contribution is -2.48. The maximum atomic E-state index is 3.42. The summed E-state index contributed by atoms with van der Waals surface area (Å²) in [7, 11) is 2.10. The third kappa shape index (κ3) is 2.68. The maximum Gasteiger partial charge on any atom is 0.0195 e. The maximum absolute atomic E-state index is 3.42. The van der Waals surface area contributed by atoms with Crippen LogP contribution in [0.1, 0.15) is 26.2 Å². The van der Waals surface area contributed by atoms with E-state index in [0.29, 0.717) is 0 Å².